The van der Waals surface area contributed by atoms with Crippen LogP contribution in [0.15, 0.2) is 60.7 Å². The maximum atomic E-state index is 5.26. The van der Waals surface area contributed by atoms with Gasteiger partial charge in [0.25, 0.3) is 0 Å². The smallest absolute Gasteiger partial charge is 0.136 e. The molecule has 2 aromatic carbocycles. The van der Waals surface area contributed by atoms with E-state index in [0.717, 1.165) is 35.4 Å². The number of rotatable bonds is 6. The highest BCUT2D eigenvalue weighted by Gasteiger charge is 2.08. The Hall–Kier alpha value is -3.08. The molecule has 0 unspecified atom stereocenters. The van der Waals surface area contributed by atoms with Gasteiger partial charge in [-0.05, 0) is 24.6 Å². The van der Waals surface area contributed by atoms with Gasteiger partial charge in [0.05, 0.1) is 7.11 Å². The van der Waals surface area contributed by atoms with E-state index in [1.807, 2.05) is 62.5 Å². The van der Waals surface area contributed by atoms with Gasteiger partial charge < -0.3 is 15.0 Å². The number of benzene rings is 2. The van der Waals surface area contributed by atoms with Crippen LogP contribution in [-0.2, 0) is 6.54 Å². The summed E-state index contributed by atoms with van der Waals surface area (Å²) < 4.78 is 5.26. The van der Waals surface area contributed by atoms with E-state index < -0.39 is 0 Å². The molecule has 1 aromatic heterocycles. The lowest BCUT2D eigenvalue weighted by molar-refractivity contribution is 0.415. The molecule has 128 valence electrons. The fourth-order valence-corrected chi connectivity index (χ4v) is 2.60. The summed E-state index contributed by atoms with van der Waals surface area (Å²) in [4.78, 5) is 11.2. The van der Waals surface area contributed by atoms with E-state index in [9.17, 15) is 0 Å². The maximum Gasteiger partial charge on any atom is 0.136 e. The normalized spacial score (nSPS) is 10.4. The standard InChI is InChI=1S/C20H22N4O/c1-15-21-19(23-17-10-7-11-18(12-17)25-3)13-20(22-15)24(2)14-16-8-5-4-6-9-16/h4-13H,14H2,1-3H3,(H,21,22,23). The van der Waals surface area contributed by atoms with Gasteiger partial charge in [-0.1, -0.05) is 36.4 Å². The van der Waals surface area contributed by atoms with Crippen LogP contribution in [0, 0.1) is 6.92 Å². The van der Waals surface area contributed by atoms with Gasteiger partial charge in [0.2, 0.25) is 0 Å². The van der Waals surface area contributed by atoms with Crippen molar-refractivity contribution in [2.75, 3.05) is 24.4 Å². The van der Waals surface area contributed by atoms with Crippen LogP contribution in [0.3, 0.4) is 0 Å². The molecule has 0 saturated heterocycles. The van der Waals surface area contributed by atoms with E-state index in [2.05, 4.69) is 32.3 Å². The zero-order valence-electron chi connectivity index (χ0n) is 14.7. The number of aromatic nitrogens is 2. The summed E-state index contributed by atoms with van der Waals surface area (Å²) in [5.74, 6) is 3.16. The van der Waals surface area contributed by atoms with Crippen LogP contribution in [0.5, 0.6) is 5.75 Å². The third kappa shape index (κ3) is 4.47. The topological polar surface area (TPSA) is 50.3 Å². The van der Waals surface area contributed by atoms with E-state index in [1.54, 1.807) is 7.11 Å². The number of methoxy groups -OCH3 is 1. The monoisotopic (exact) mass is 334 g/mol. The lowest BCUT2D eigenvalue weighted by Crippen LogP contribution is -2.18. The van der Waals surface area contributed by atoms with E-state index in [1.165, 1.54) is 5.56 Å². The Kier molecular flexibility index (Phi) is 5.14. The predicted octanol–water partition coefficient (Wildman–Crippen LogP) is 4.17. The van der Waals surface area contributed by atoms with Crippen molar-refractivity contribution in [3.05, 3.63) is 72.1 Å². The minimum absolute atomic E-state index is 0.725. The number of nitrogens with one attached hydrogen (secondary N) is 1. The van der Waals surface area contributed by atoms with Crippen molar-refractivity contribution in [2.24, 2.45) is 0 Å². The number of anilines is 3. The lowest BCUT2D eigenvalue weighted by Gasteiger charge is -2.19. The van der Waals surface area contributed by atoms with Crippen molar-refractivity contribution >= 4 is 17.3 Å². The minimum atomic E-state index is 0.725. The quantitative estimate of drug-likeness (QED) is 0.733. The molecule has 0 aliphatic carbocycles. The molecular weight excluding hydrogens is 312 g/mol. The Labute approximate surface area is 148 Å². The van der Waals surface area contributed by atoms with Crippen molar-refractivity contribution in [2.45, 2.75) is 13.5 Å². The number of aryl methyl sites for hydroxylation is 1. The second-order valence-corrected chi connectivity index (χ2v) is 5.86. The average Bonchev–Trinajstić information content (AvgIpc) is 2.62. The van der Waals surface area contributed by atoms with Gasteiger partial charge in [0.1, 0.15) is 23.2 Å². The molecule has 0 aliphatic rings. The molecule has 3 rings (SSSR count). The fraction of sp³-hybridized carbons (Fsp3) is 0.200. The van der Waals surface area contributed by atoms with E-state index in [0.29, 0.717) is 0 Å². The zero-order chi connectivity index (χ0) is 17.6. The maximum absolute atomic E-state index is 5.26. The molecule has 1 N–H and O–H groups in total. The van der Waals surface area contributed by atoms with Crippen molar-refractivity contribution in [1.29, 1.82) is 0 Å². The first-order chi connectivity index (χ1) is 12.1. The Morgan fingerprint density at radius 3 is 2.56 bits per heavy atom. The number of hydrogen-bond acceptors (Lipinski definition) is 5. The highest BCUT2D eigenvalue weighted by Crippen LogP contribution is 2.23. The Bertz CT molecular complexity index is 836. The van der Waals surface area contributed by atoms with Gasteiger partial charge >= 0.3 is 0 Å². The van der Waals surface area contributed by atoms with Crippen LogP contribution >= 0.6 is 0 Å². The highest BCUT2D eigenvalue weighted by molar-refractivity contribution is 5.61. The van der Waals surface area contributed by atoms with Crippen LogP contribution in [0.1, 0.15) is 11.4 Å². The van der Waals surface area contributed by atoms with Gasteiger partial charge in [0, 0.05) is 31.4 Å². The van der Waals surface area contributed by atoms with Gasteiger partial charge in [0.15, 0.2) is 0 Å². The average molecular weight is 334 g/mol. The molecule has 0 radical (unpaired) electrons. The molecular formula is C20H22N4O. The molecule has 0 fully saturated rings. The summed E-state index contributed by atoms with van der Waals surface area (Å²) in [6.07, 6.45) is 0. The molecule has 1 heterocycles. The van der Waals surface area contributed by atoms with Crippen LogP contribution in [0.4, 0.5) is 17.3 Å². The number of hydrogen-bond donors (Lipinski definition) is 1. The minimum Gasteiger partial charge on any atom is -0.497 e. The third-order valence-electron chi connectivity index (χ3n) is 3.82. The first-order valence-electron chi connectivity index (χ1n) is 8.16. The van der Waals surface area contributed by atoms with Crippen LogP contribution in [0.2, 0.25) is 0 Å². The molecule has 0 amide bonds. The Morgan fingerprint density at radius 1 is 1.00 bits per heavy atom. The zero-order valence-corrected chi connectivity index (χ0v) is 14.7. The molecule has 5 nitrogen and oxygen atoms in total. The summed E-state index contributed by atoms with van der Waals surface area (Å²) in [7, 11) is 3.69. The highest BCUT2D eigenvalue weighted by atomic mass is 16.5. The second kappa shape index (κ2) is 7.66. The van der Waals surface area contributed by atoms with E-state index in [-0.39, 0.29) is 0 Å². The van der Waals surface area contributed by atoms with Gasteiger partial charge in [-0.2, -0.15) is 0 Å². The molecule has 0 aliphatic heterocycles. The summed E-state index contributed by atoms with van der Waals surface area (Å²) in [5, 5.41) is 3.32. The molecule has 3 aromatic rings. The predicted molar refractivity (Wildman–Crippen MR) is 102 cm³/mol. The Morgan fingerprint density at radius 2 is 1.80 bits per heavy atom. The van der Waals surface area contributed by atoms with Crippen molar-refractivity contribution in [3.63, 3.8) is 0 Å². The molecule has 5 heteroatoms. The summed E-state index contributed by atoms with van der Waals surface area (Å²) >= 11 is 0. The Balaban J connectivity index is 1.80. The molecule has 25 heavy (non-hydrogen) atoms. The summed E-state index contributed by atoms with van der Waals surface area (Å²) in [5.41, 5.74) is 2.16. The van der Waals surface area contributed by atoms with Gasteiger partial charge in [-0.25, -0.2) is 9.97 Å². The van der Waals surface area contributed by atoms with Crippen LogP contribution in [-0.4, -0.2) is 24.1 Å². The van der Waals surface area contributed by atoms with Gasteiger partial charge in [-0.3, -0.25) is 0 Å². The first kappa shape index (κ1) is 16.8. The van der Waals surface area contributed by atoms with Gasteiger partial charge in [-0.15, -0.1) is 0 Å². The molecule has 0 atom stereocenters. The van der Waals surface area contributed by atoms with Crippen LogP contribution in [0.25, 0.3) is 0 Å². The van der Waals surface area contributed by atoms with E-state index >= 15 is 0 Å². The number of ether oxygens (including phenoxy) is 1. The molecule has 0 saturated carbocycles. The van der Waals surface area contributed by atoms with Crippen molar-refractivity contribution in [3.8, 4) is 5.75 Å². The summed E-state index contributed by atoms with van der Waals surface area (Å²) in [6, 6.07) is 20.1. The number of nitrogens with zero attached hydrogens (tertiary/aromatic N) is 3. The van der Waals surface area contributed by atoms with E-state index in [4.69, 9.17) is 4.74 Å². The van der Waals surface area contributed by atoms with Crippen LogP contribution < -0.4 is 15.0 Å². The fourth-order valence-electron chi connectivity index (χ4n) is 2.60. The lowest BCUT2D eigenvalue weighted by atomic mass is 10.2. The van der Waals surface area contributed by atoms with Crippen molar-refractivity contribution in [1.82, 2.24) is 9.97 Å². The molecule has 0 bridgehead atoms. The van der Waals surface area contributed by atoms with Crippen molar-refractivity contribution < 1.29 is 4.74 Å². The molecule has 0 spiro atoms. The first-order valence-corrected chi connectivity index (χ1v) is 8.16. The largest absolute Gasteiger partial charge is 0.497 e. The second-order valence-electron chi connectivity index (χ2n) is 5.86. The summed E-state index contributed by atoms with van der Waals surface area (Å²) in [6.45, 7) is 2.69. The SMILES string of the molecule is COc1cccc(Nc2cc(N(C)Cc3ccccc3)nc(C)n2)c1. The third-order valence-corrected chi connectivity index (χ3v) is 3.82.